The Morgan fingerprint density at radius 2 is 1.61 bits per heavy atom. The molecule has 0 spiro atoms. The molecule has 0 bridgehead atoms. The molecule has 4 amide bonds. The minimum Gasteiger partial charge on any atom is -0.339 e. The van der Waals surface area contributed by atoms with E-state index in [-0.39, 0.29) is 35.5 Å². The highest BCUT2D eigenvalue weighted by Gasteiger charge is 2.48. The van der Waals surface area contributed by atoms with E-state index in [1.165, 1.54) is 4.90 Å². The van der Waals surface area contributed by atoms with Crippen molar-refractivity contribution in [3.05, 3.63) is 71.3 Å². The summed E-state index contributed by atoms with van der Waals surface area (Å²) in [4.78, 5) is 54.7. The first kappa shape index (κ1) is 24.0. The van der Waals surface area contributed by atoms with E-state index in [9.17, 15) is 19.2 Å². The van der Waals surface area contributed by atoms with Crippen molar-refractivity contribution in [1.82, 2.24) is 4.90 Å². The van der Waals surface area contributed by atoms with Gasteiger partial charge in [-0.05, 0) is 81.0 Å². The van der Waals surface area contributed by atoms with Crippen LogP contribution in [0.5, 0.6) is 0 Å². The monoisotopic (exact) mass is 485 g/mol. The molecule has 0 radical (unpaired) electrons. The molecule has 186 valence electrons. The van der Waals surface area contributed by atoms with E-state index >= 15 is 0 Å². The molecule has 0 aromatic heterocycles. The van der Waals surface area contributed by atoms with Crippen molar-refractivity contribution in [3.8, 4) is 0 Å². The van der Waals surface area contributed by atoms with E-state index in [2.05, 4.69) is 12.2 Å². The molecule has 1 aliphatic carbocycles. The maximum Gasteiger partial charge on any atom is 0.255 e. The first-order valence-electron chi connectivity index (χ1n) is 12.7. The summed E-state index contributed by atoms with van der Waals surface area (Å²) in [5, 5.41) is 2.85. The van der Waals surface area contributed by atoms with Crippen LogP contribution in [-0.4, -0.2) is 41.6 Å². The molecule has 2 aromatic rings. The van der Waals surface area contributed by atoms with E-state index in [0.717, 1.165) is 31.5 Å². The SMILES string of the molecule is CC1=CC[C@@H]2C(=O)N(c3ccc(C(=O)Nc4cccc(C(=O)N5CCC(C)CC5)c4)cc3)C(=O)[C@@H]2C1. The molecule has 36 heavy (non-hydrogen) atoms. The maximum atomic E-state index is 12.9. The zero-order chi connectivity index (χ0) is 25.4. The summed E-state index contributed by atoms with van der Waals surface area (Å²) in [6.45, 7) is 5.70. The predicted molar refractivity (Wildman–Crippen MR) is 138 cm³/mol. The maximum absolute atomic E-state index is 12.9. The van der Waals surface area contributed by atoms with Crippen molar-refractivity contribution >= 4 is 35.0 Å². The van der Waals surface area contributed by atoms with Crippen LogP contribution in [0.2, 0.25) is 0 Å². The number of benzene rings is 2. The molecule has 7 heteroatoms. The van der Waals surface area contributed by atoms with E-state index in [1.807, 2.05) is 17.9 Å². The van der Waals surface area contributed by atoms with Crippen LogP contribution < -0.4 is 10.2 Å². The molecule has 5 rings (SSSR count). The number of carbonyl (C=O) groups is 4. The fourth-order valence-electron chi connectivity index (χ4n) is 5.38. The van der Waals surface area contributed by atoms with E-state index in [4.69, 9.17) is 0 Å². The molecule has 2 aromatic carbocycles. The van der Waals surface area contributed by atoms with Crippen LogP contribution in [0.4, 0.5) is 11.4 Å². The summed E-state index contributed by atoms with van der Waals surface area (Å²) in [6.07, 6.45) is 5.26. The number of hydrogen-bond acceptors (Lipinski definition) is 4. The van der Waals surface area contributed by atoms with Gasteiger partial charge < -0.3 is 10.2 Å². The minimum absolute atomic E-state index is 0.0201. The van der Waals surface area contributed by atoms with Gasteiger partial charge in [-0.25, -0.2) is 0 Å². The van der Waals surface area contributed by atoms with Crippen molar-refractivity contribution in [2.75, 3.05) is 23.3 Å². The van der Waals surface area contributed by atoms with Crippen LogP contribution in [0.3, 0.4) is 0 Å². The Bertz CT molecular complexity index is 1240. The van der Waals surface area contributed by atoms with Crippen LogP contribution in [0, 0.1) is 17.8 Å². The molecule has 0 saturated carbocycles. The Labute approximate surface area is 211 Å². The van der Waals surface area contributed by atoms with Crippen LogP contribution in [0.1, 0.15) is 60.2 Å². The van der Waals surface area contributed by atoms with Crippen molar-refractivity contribution in [1.29, 1.82) is 0 Å². The van der Waals surface area contributed by atoms with Gasteiger partial charge in [0.05, 0.1) is 17.5 Å². The van der Waals surface area contributed by atoms with Gasteiger partial charge >= 0.3 is 0 Å². The Balaban J connectivity index is 1.25. The van der Waals surface area contributed by atoms with Gasteiger partial charge in [0.2, 0.25) is 11.8 Å². The molecular formula is C29H31N3O4. The number of anilines is 2. The van der Waals surface area contributed by atoms with Gasteiger partial charge in [0.1, 0.15) is 0 Å². The third-order valence-corrected chi connectivity index (χ3v) is 7.65. The van der Waals surface area contributed by atoms with Crippen LogP contribution in [0.15, 0.2) is 60.2 Å². The van der Waals surface area contributed by atoms with Gasteiger partial charge in [-0.2, -0.15) is 0 Å². The van der Waals surface area contributed by atoms with Crippen LogP contribution in [0.25, 0.3) is 0 Å². The number of nitrogens with zero attached hydrogens (tertiary/aromatic N) is 2. The first-order chi connectivity index (χ1) is 17.3. The van der Waals surface area contributed by atoms with Gasteiger partial charge in [0.15, 0.2) is 0 Å². The number of fused-ring (bicyclic) bond motifs is 1. The number of nitrogens with one attached hydrogen (secondary N) is 1. The number of amides is 4. The van der Waals surface area contributed by atoms with Gasteiger partial charge in [-0.3, -0.25) is 24.1 Å². The minimum atomic E-state index is -0.328. The Morgan fingerprint density at radius 3 is 2.33 bits per heavy atom. The molecule has 2 fully saturated rings. The topological polar surface area (TPSA) is 86.8 Å². The van der Waals surface area contributed by atoms with Gasteiger partial charge in [0, 0.05) is 29.9 Å². The second-order valence-corrected chi connectivity index (χ2v) is 10.3. The lowest BCUT2D eigenvalue weighted by atomic mass is 9.82. The molecule has 2 atom stereocenters. The summed E-state index contributed by atoms with van der Waals surface area (Å²) in [6, 6.07) is 13.5. The third-order valence-electron chi connectivity index (χ3n) is 7.65. The van der Waals surface area contributed by atoms with E-state index in [0.29, 0.717) is 41.3 Å². The molecule has 0 unspecified atom stereocenters. The molecular weight excluding hydrogens is 454 g/mol. The average molecular weight is 486 g/mol. The number of hydrogen-bond donors (Lipinski definition) is 1. The predicted octanol–water partition coefficient (Wildman–Crippen LogP) is 4.66. The summed E-state index contributed by atoms with van der Waals surface area (Å²) in [7, 11) is 0. The quantitative estimate of drug-likeness (QED) is 0.504. The first-order valence-corrected chi connectivity index (χ1v) is 12.7. The van der Waals surface area contributed by atoms with Crippen molar-refractivity contribution in [2.24, 2.45) is 17.8 Å². The fourth-order valence-corrected chi connectivity index (χ4v) is 5.38. The zero-order valence-electron chi connectivity index (χ0n) is 20.7. The Hall–Kier alpha value is -3.74. The van der Waals surface area contributed by atoms with Crippen LogP contribution in [-0.2, 0) is 9.59 Å². The zero-order valence-corrected chi connectivity index (χ0v) is 20.7. The number of carbonyl (C=O) groups excluding carboxylic acids is 4. The number of rotatable bonds is 4. The number of allylic oxidation sites excluding steroid dienone is 2. The van der Waals surface area contributed by atoms with Gasteiger partial charge in [0.25, 0.3) is 11.8 Å². The lowest BCUT2D eigenvalue weighted by Crippen LogP contribution is -2.37. The van der Waals surface area contributed by atoms with E-state index in [1.54, 1.807) is 48.5 Å². The molecule has 1 N–H and O–H groups in total. The summed E-state index contributed by atoms with van der Waals surface area (Å²) < 4.78 is 0. The molecule has 7 nitrogen and oxygen atoms in total. The fraction of sp³-hybridized carbons (Fsp3) is 0.379. The molecule has 3 aliphatic rings. The molecule has 2 heterocycles. The van der Waals surface area contributed by atoms with Gasteiger partial charge in [-0.15, -0.1) is 0 Å². The summed E-state index contributed by atoms with van der Waals surface area (Å²) in [5.74, 6) is -0.645. The lowest BCUT2D eigenvalue weighted by Gasteiger charge is -2.30. The smallest absolute Gasteiger partial charge is 0.255 e. The number of piperidine rings is 1. The third kappa shape index (κ3) is 4.57. The van der Waals surface area contributed by atoms with E-state index < -0.39 is 0 Å². The summed E-state index contributed by atoms with van der Waals surface area (Å²) in [5.41, 5.74) is 3.11. The Morgan fingerprint density at radius 1 is 0.917 bits per heavy atom. The lowest BCUT2D eigenvalue weighted by molar-refractivity contribution is -0.122. The van der Waals surface area contributed by atoms with Crippen molar-refractivity contribution in [3.63, 3.8) is 0 Å². The largest absolute Gasteiger partial charge is 0.339 e. The number of imide groups is 1. The second-order valence-electron chi connectivity index (χ2n) is 10.3. The van der Waals surface area contributed by atoms with Gasteiger partial charge in [-0.1, -0.05) is 24.6 Å². The number of likely N-dealkylation sites (tertiary alicyclic amines) is 1. The highest BCUT2D eigenvalue weighted by Crippen LogP contribution is 2.39. The highest BCUT2D eigenvalue weighted by atomic mass is 16.2. The Kier molecular flexibility index (Phi) is 6.48. The molecule has 2 aliphatic heterocycles. The molecule has 2 saturated heterocycles. The standard InChI is InChI=1S/C29H31N3O4/c1-18-12-14-31(15-13-18)27(34)21-4-3-5-22(17-21)30-26(33)20-7-9-23(10-8-20)32-28(35)24-11-6-19(2)16-25(24)29(32)36/h3-10,17-18,24-25H,11-16H2,1-2H3,(H,30,33)/t24-,25+/m0/s1. The van der Waals surface area contributed by atoms with Crippen molar-refractivity contribution < 1.29 is 19.2 Å². The second kappa shape index (κ2) is 9.72. The average Bonchev–Trinajstić information content (AvgIpc) is 3.13. The summed E-state index contributed by atoms with van der Waals surface area (Å²) >= 11 is 0. The van der Waals surface area contributed by atoms with Crippen molar-refractivity contribution in [2.45, 2.75) is 39.5 Å². The highest BCUT2D eigenvalue weighted by molar-refractivity contribution is 6.22. The normalized spacial score (nSPS) is 22.3. The van der Waals surface area contributed by atoms with Crippen LogP contribution >= 0.6 is 0 Å².